The van der Waals surface area contributed by atoms with Crippen molar-refractivity contribution in [3.8, 4) is 0 Å². The molecule has 1 atom stereocenters. The minimum atomic E-state index is -0.575. The lowest BCUT2D eigenvalue weighted by Crippen LogP contribution is -2.37. The number of anilines is 1. The second kappa shape index (κ2) is 6.37. The average Bonchev–Trinajstić information content (AvgIpc) is 2.88. The van der Waals surface area contributed by atoms with Crippen LogP contribution in [0.2, 0.25) is 0 Å². The van der Waals surface area contributed by atoms with E-state index in [-0.39, 0.29) is 11.3 Å². The molecule has 4 nitrogen and oxygen atoms in total. The van der Waals surface area contributed by atoms with Crippen LogP contribution in [0.15, 0.2) is 35.7 Å². The summed E-state index contributed by atoms with van der Waals surface area (Å²) in [5.41, 5.74) is 7.95. The SMILES string of the molecule is CC(C)(C)c1csc(NC(=O)[C@@H](N)Cc2ccccc2)n1. The number of carbonyl (C=O) groups is 1. The van der Waals surface area contributed by atoms with E-state index in [2.05, 4.69) is 31.1 Å². The van der Waals surface area contributed by atoms with Crippen LogP contribution < -0.4 is 11.1 Å². The molecule has 1 aromatic carbocycles. The second-order valence-corrected chi connectivity index (χ2v) is 6.93. The van der Waals surface area contributed by atoms with Crippen LogP contribution in [0.3, 0.4) is 0 Å². The predicted octanol–water partition coefficient (Wildman–Crippen LogP) is 2.95. The summed E-state index contributed by atoms with van der Waals surface area (Å²) in [5, 5.41) is 5.37. The van der Waals surface area contributed by atoms with E-state index in [9.17, 15) is 4.79 Å². The summed E-state index contributed by atoms with van der Waals surface area (Å²) in [7, 11) is 0. The van der Waals surface area contributed by atoms with Crippen molar-refractivity contribution >= 4 is 22.4 Å². The molecule has 0 saturated heterocycles. The van der Waals surface area contributed by atoms with E-state index in [1.807, 2.05) is 35.7 Å². The zero-order valence-electron chi connectivity index (χ0n) is 12.6. The van der Waals surface area contributed by atoms with E-state index in [1.54, 1.807) is 0 Å². The Morgan fingerprint density at radius 3 is 2.57 bits per heavy atom. The van der Waals surface area contributed by atoms with Crippen LogP contribution >= 0.6 is 11.3 Å². The van der Waals surface area contributed by atoms with E-state index in [0.29, 0.717) is 11.6 Å². The first kappa shape index (κ1) is 15.7. The molecule has 0 spiro atoms. The highest BCUT2D eigenvalue weighted by Gasteiger charge is 2.20. The van der Waals surface area contributed by atoms with Crippen LogP contribution in [0, 0.1) is 0 Å². The third-order valence-electron chi connectivity index (χ3n) is 3.14. The van der Waals surface area contributed by atoms with E-state index in [0.717, 1.165) is 11.3 Å². The van der Waals surface area contributed by atoms with Gasteiger partial charge in [-0.15, -0.1) is 11.3 Å². The first-order valence-corrected chi connectivity index (χ1v) is 7.80. The van der Waals surface area contributed by atoms with Gasteiger partial charge in [0.15, 0.2) is 5.13 Å². The summed E-state index contributed by atoms with van der Waals surface area (Å²) < 4.78 is 0. The van der Waals surface area contributed by atoms with Gasteiger partial charge in [0.25, 0.3) is 0 Å². The third kappa shape index (κ3) is 4.37. The quantitative estimate of drug-likeness (QED) is 0.912. The zero-order valence-corrected chi connectivity index (χ0v) is 13.4. The van der Waals surface area contributed by atoms with Gasteiger partial charge in [-0.3, -0.25) is 4.79 Å². The number of rotatable bonds is 4. The van der Waals surface area contributed by atoms with Crippen LogP contribution in [-0.4, -0.2) is 16.9 Å². The Morgan fingerprint density at radius 1 is 1.33 bits per heavy atom. The Labute approximate surface area is 129 Å². The predicted molar refractivity (Wildman–Crippen MR) is 87.6 cm³/mol. The summed E-state index contributed by atoms with van der Waals surface area (Å²) >= 11 is 1.43. The summed E-state index contributed by atoms with van der Waals surface area (Å²) in [4.78, 5) is 16.5. The Balaban J connectivity index is 1.96. The van der Waals surface area contributed by atoms with Gasteiger partial charge >= 0.3 is 0 Å². The maximum absolute atomic E-state index is 12.1. The highest BCUT2D eigenvalue weighted by Crippen LogP contribution is 2.26. The van der Waals surface area contributed by atoms with Crippen LogP contribution in [-0.2, 0) is 16.6 Å². The van der Waals surface area contributed by atoms with Crippen molar-refractivity contribution < 1.29 is 4.79 Å². The van der Waals surface area contributed by atoms with Crippen LogP contribution in [0.5, 0.6) is 0 Å². The maximum atomic E-state index is 12.1. The van der Waals surface area contributed by atoms with E-state index < -0.39 is 6.04 Å². The molecule has 2 rings (SSSR count). The van der Waals surface area contributed by atoms with Crippen molar-refractivity contribution in [3.05, 3.63) is 47.0 Å². The van der Waals surface area contributed by atoms with E-state index >= 15 is 0 Å². The minimum absolute atomic E-state index is 0.0222. The van der Waals surface area contributed by atoms with Gasteiger partial charge in [-0.1, -0.05) is 51.1 Å². The Bertz CT molecular complexity index is 601. The fourth-order valence-corrected chi connectivity index (χ4v) is 2.77. The number of thiazole rings is 1. The average molecular weight is 303 g/mol. The number of nitrogens with one attached hydrogen (secondary N) is 1. The molecule has 0 bridgehead atoms. The van der Waals surface area contributed by atoms with Gasteiger partial charge < -0.3 is 11.1 Å². The van der Waals surface area contributed by atoms with Gasteiger partial charge in [-0.05, 0) is 12.0 Å². The molecule has 5 heteroatoms. The van der Waals surface area contributed by atoms with Gasteiger partial charge in [0, 0.05) is 10.8 Å². The van der Waals surface area contributed by atoms with Gasteiger partial charge in [-0.25, -0.2) is 4.98 Å². The van der Waals surface area contributed by atoms with Crippen molar-refractivity contribution in [1.82, 2.24) is 4.98 Å². The van der Waals surface area contributed by atoms with Gasteiger partial charge in [0.05, 0.1) is 11.7 Å². The van der Waals surface area contributed by atoms with Crippen LogP contribution in [0.25, 0.3) is 0 Å². The molecule has 112 valence electrons. The molecule has 0 aliphatic carbocycles. The lowest BCUT2D eigenvalue weighted by atomic mass is 9.93. The van der Waals surface area contributed by atoms with Crippen molar-refractivity contribution in [1.29, 1.82) is 0 Å². The number of aromatic nitrogens is 1. The number of hydrogen-bond donors (Lipinski definition) is 2. The fraction of sp³-hybridized carbons (Fsp3) is 0.375. The normalized spacial score (nSPS) is 13.0. The monoisotopic (exact) mass is 303 g/mol. The number of nitrogens with two attached hydrogens (primary N) is 1. The number of carbonyl (C=O) groups excluding carboxylic acids is 1. The molecule has 1 amide bonds. The van der Waals surface area contributed by atoms with Crippen molar-refractivity contribution in [2.24, 2.45) is 5.73 Å². The first-order valence-electron chi connectivity index (χ1n) is 6.92. The summed E-state index contributed by atoms with van der Waals surface area (Å²) in [6.07, 6.45) is 0.518. The van der Waals surface area contributed by atoms with E-state index in [4.69, 9.17) is 5.73 Å². The fourth-order valence-electron chi connectivity index (χ4n) is 1.83. The molecule has 0 fully saturated rings. The van der Waals surface area contributed by atoms with Gasteiger partial charge in [0.1, 0.15) is 0 Å². The van der Waals surface area contributed by atoms with Crippen molar-refractivity contribution in [3.63, 3.8) is 0 Å². The number of hydrogen-bond acceptors (Lipinski definition) is 4. The van der Waals surface area contributed by atoms with Gasteiger partial charge in [-0.2, -0.15) is 0 Å². The molecule has 1 aromatic heterocycles. The van der Waals surface area contributed by atoms with E-state index in [1.165, 1.54) is 11.3 Å². The highest BCUT2D eigenvalue weighted by atomic mass is 32.1. The molecular weight excluding hydrogens is 282 g/mol. The van der Waals surface area contributed by atoms with Crippen LogP contribution in [0.4, 0.5) is 5.13 Å². The summed E-state index contributed by atoms with van der Waals surface area (Å²) in [6, 6.07) is 9.18. The lowest BCUT2D eigenvalue weighted by molar-refractivity contribution is -0.117. The summed E-state index contributed by atoms with van der Waals surface area (Å²) in [6.45, 7) is 6.28. The molecule has 0 unspecified atom stereocenters. The molecule has 3 N–H and O–H groups in total. The number of amides is 1. The maximum Gasteiger partial charge on any atom is 0.243 e. The van der Waals surface area contributed by atoms with Crippen LogP contribution in [0.1, 0.15) is 32.0 Å². The molecule has 0 aliphatic rings. The highest BCUT2D eigenvalue weighted by molar-refractivity contribution is 7.13. The molecule has 0 saturated carbocycles. The molecule has 21 heavy (non-hydrogen) atoms. The van der Waals surface area contributed by atoms with Crippen molar-refractivity contribution in [2.45, 2.75) is 38.6 Å². The number of benzene rings is 1. The van der Waals surface area contributed by atoms with Crippen molar-refractivity contribution in [2.75, 3.05) is 5.32 Å². The first-order chi connectivity index (χ1) is 9.86. The smallest absolute Gasteiger partial charge is 0.243 e. The molecule has 0 aliphatic heterocycles. The Kier molecular flexibility index (Phi) is 4.75. The zero-order chi connectivity index (χ0) is 15.5. The standard InChI is InChI=1S/C16H21N3OS/c1-16(2,3)13-10-21-15(18-13)19-14(20)12(17)9-11-7-5-4-6-8-11/h4-8,10,12H,9,17H2,1-3H3,(H,18,19,20)/t12-/m0/s1. The lowest BCUT2D eigenvalue weighted by Gasteiger charge is -2.14. The minimum Gasteiger partial charge on any atom is -0.320 e. The third-order valence-corrected chi connectivity index (χ3v) is 3.90. The molecular formula is C16H21N3OS. The summed E-state index contributed by atoms with van der Waals surface area (Å²) in [5.74, 6) is -0.200. The molecule has 1 heterocycles. The molecule has 0 radical (unpaired) electrons. The molecule has 2 aromatic rings. The second-order valence-electron chi connectivity index (χ2n) is 6.07. The van der Waals surface area contributed by atoms with Gasteiger partial charge in [0.2, 0.25) is 5.91 Å². The Morgan fingerprint density at radius 2 is 2.00 bits per heavy atom. The largest absolute Gasteiger partial charge is 0.320 e. The Hall–Kier alpha value is -1.72. The number of nitrogens with zero attached hydrogens (tertiary/aromatic N) is 1. The topological polar surface area (TPSA) is 68.0 Å².